The molecular formula is C15H28N4O2. The third-order valence-electron chi connectivity index (χ3n) is 3.88. The monoisotopic (exact) mass is 296 g/mol. The minimum atomic E-state index is 0.321. The van der Waals surface area contributed by atoms with Gasteiger partial charge in [-0.2, -0.15) is 4.98 Å². The standard InChI is InChI=1S/C15H28N4O2/c1-12(2)15-17-14(21-18-15)11-19-7-4-5-13(10-19)9-16-6-8-20-3/h12-13,16H,4-11H2,1-3H3. The smallest absolute Gasteiger partial charge is 0.240 e. The molecule has 21 heavy (non-hydrogen) atoms. The predicted octanol–water partition coefficient (Wildman–Crippen LogP) is 1.64. The lowest BCUT2D eigenvalue weighted by molar-refractivity contribution is 0.145. The highest BCUT2D eigenvalue weighted by Gasteiger charge is 2.21. The van der Waals surface area contributed by atoms with Gasteiger partial charge in [-0.05, 0) is 31.8 Å². The molecule has 1 unspecified atom stereocenters. The Labute approximate surface area is 127 Å². The van der Waals surface area contributed by atoms with E-state index < -0.39 is 0 Å². The maximum absolute atomic E-state index is 5.34. The molecule has 0 amide bonds. The summed E-state index contributed by atoms with van der Waals surface area (Å²) in [6.45, 7) is 9.90. The molecule has 1 atom stereocenters. The fourth-order valence-electron chi connectivity index (χ4n) is 2.70. The quantitative estimate of drug-likeness (QED) is 0.736. The van der Waals surface area contributed by atoms with E-state index >= 15 is 0 Å². The van der Waals surface area contributed by atoms with Gasteiger partial charge in [-0.15, -0.1) is 0 Å². The van der Waals surface area contributed by atoms with Gasteiger partial charge in [0.15, 0.2) is 5.82 Å². The Balaban J connectivity index is 1.75. The van der Waals surface area contributed by atoms with Gasteiger partial charge in [-0.3, -0.25) is 4.90 Å². The van der Waals surface area contributed by atoms with Gasteiger partial charge >= 0.3 is 0 Å². The average molecular weight is 296 g/mol. The zero-order valence-electron chi connectivity index (χ0n) is 13.5. The summed E-state index contributed by atoms with van der Waals surface area (Å²) < 4.78 is 10.4. The van der Waals surface area contributed by atoms with Crippen molar-refractivity contribution in [1.82, 2.24) is 20.4 Å². The first-order valence-electron chi connectivity index (χ1n) is 7.93. The Morgan fingerprint density at radius 2 is 2.33 bits per heavy atom. The fraction of sp³-hybridized carbons (Fsp3) is 0.867. The second-order valence-corrected chi connectivity index (χ2v) is 6.14. The molecule has 6 heteroatoms. The Morgan fingerprint density at radius 1 is 1.48 bits per heavy atom. The lowest BCUT2D eigenvalue weighted by Crippen LogP contribution is -2.39. The van der Waals surface area contributed by atoms with Crippen LogP contribution in [-0.2, 0) is 11.3 Å². The van der Waals surface area contributed by atoms with Crippen LogP contribution in [0.3, 0.4) is 0 Å². The average Bonchev–Trinajstić information content (AvgIpc) is 2.93. The van der Waals surface area contributed by atoms with Crippen LogP contribution in [-0.4, -0.2) is 54.9 Å². The van der Waals surface area contributed by atoms with Crippen molar-refractivity contribution in [3.63, 3.8) is 0 Å². The minimum absolute atomic E-state index is 0.321. The highest BCUT2D eigenvalue weighted by molar-refractivity contribution is 4.92. The summed E-state index contributed by atoms with van der Waals surface area (Å²) in [5.74, 6) is 2.57. The van der Waals surface area contributed by atoms with Crippen LogP contribution in [0.4, 0.5) is 0 Å². The molecule has 1 aliphatic rings. The number of hydrogen-bond acceptors (Lipinski definition) is 6. The molecule has 1 N–H and O–H groups in total. The number of nitrogens with one attached hydrogen (secondary N) is 1. The zero-order chi connectivity index (χ0) is 15.1. The third-order valence-corrected chi connectivity index (χ3v) is 3.88. The van der Waals surface area contributed by atoms with E-state index in [2.05, 4.69) is 34.2 Å². The number of piperidine rings is 1. The normalized spacial score (nSPS) is 20.3. The largest absolute Gasteiger partial charge is 0.383 e. The maximum Gasteiger partial charge on any atom is 0.240 e. The Morgan fingerprint density at radius 3 is 3.05 bits per heavy atom. The first kappa shape index (κ1) is 16.4. The minimum Gasteiger partial charge on any atom is -0.383 e. The number of aromatic nitrogens is 2. The molecule has 0 aromatic carbocycles. The van der Waals surface area contributed by atoms with Gasteiger partial charge in [0.1, 0.15) is 0 Å². The Kier molecular flexibility index (Phi) is 6.60. The van der Waals surface area contributed by atoms with E-state index in [9.17, 15) is 0 Å². The first-order valence-corrected chi connectivity index (χ1v) is 7.93. The molecule has 1 aliphatic heterocycles. The lowest BCUT2D eigenvalue weighted by atomic mass is 9.98. The van der Waals surface area contributed by atoms with Gasteiger partial charge in [0.05, 0.1) is 13.2 Å². The van der Waals surface area contributed by atoms with Gasteiger partial charge < -0.3 is 14.6 Å². The van der Waals surface area contributed by atoms with Crippen LogP contribution in [0.1, 0.15) is 44.3 Å². The summed E-state index contributed by atoms with van der Waals surface area (Å²) in [7, 11) is 1.74. The number of ether oxygens (including phenoxy) is 1. The van der Waals surface area contributed by atoms with Crippen LogP contribution in [0.25, 0.3) is 0 Å². The van der Waals surface area contributed by atoms with Crippen LogP contribution in [0.2, 0.25) is 0 Å². The first-order chi connectivity index (χ1) is 10.2. The lowest BCUT2D eigenvalue weighted by Gasteiger charge is -2.31. The summed E-state index contributed by atoms with van der Waals surface area (Å²) in [6, 6.07) is 0. The van der Waals surface area contributed by atoms with Crippen LogP contribution < -0.4 is 5.32 Å². The van der Waals surface area contributed by atoms with Crippen LogP contribution >= 0.6 is 0 Å². The Bertz CT molecular complexity index is 408. The molecule has 0 bridgehead atoms. The summed E-state index contributed by atoms with van der Waals surface area (Å²) in [4.78, 5) is 6.88. The number of rotatable bonds is 8. The molecule has 0 radical (unpaired) electrons. The van der Waals surface area contributed by atoms with Crippen molar-refractivity contribution in [2.75, 3.05) is 39.9 Å². The van der Waals surface area contributed by atoms with Crippen LogP contribution in [0.5, 0.6) is 0 Å². The summed E-state index contributed by atoms with van der Waals surface area (Å²) in [5, 5.41) is 7.49. The van der Waals surface area contributed by atoms with Gasteiger partial charge in [-0.25, -0.2) is 0 Å². The van der Waals surface area contributed by atoms with Crippen molar-refractivity contribution in [2.45, 2.75) is 39.2 Å². The van der Waals surface area contributed by atoms with E-state index in [1.807, 2.05) is 0 Å². The molecule has 0 saturated carbocycles. The van der Waals surface area contributed by atoms with Gasteiger partial charge in [0.2, 0.25) is 5.89 Å². The number of likely N-dealkylation sites (tertiary alicyclic amines) is 1. The molecule has 120 valence electrons. The van der Waals surface area contributed by atoms with Crippen molar-refractivity contribution in [1.29, 1.82) is 0 Å². The molecule has 1 saturated heterocycles. The van der Waals surface area contributed by atoms with E-state index in [4.69, 9.17) is 9.26 Å². The highest BCUT2D eigenvalue weighted by Crippen LogP contribution is 2.18. The van der Waals surface area contributed by atoms with Crippen molar-refractivity contribution >= 4 is 0 Å². The van der Waals surface area contributed by atoms with Crippen LogP contribution in [0.15, 0.2) is 4.52 Å². The van der Waals surface area contributed by atoms with Gasteiger partial charge in [-0.1, -0.05) is 19.0 Å². The van der Waals surface area contributed by atoms with Crippen molar-refractivity contribution in [2.24, 2.45) is 5.92 Å². The van der Waals surface area contributed by atoms with Gasteiger partial charge in [0, 0.05) is 26.1 Å². The molecule has 0 aliphatic carbocycles. The van der Waals surface area contributed by atoms with Crippen molar-refractivity contribution in [3.05, 3.63) is 11.7 Å². The zero-order valence-corrected chi connectivity index (χ0v) is 13.5. The van der Waals surface area contributed by atoms with E-state index in [1.165, 1.54) is 12.8 Å². The van der Waals surface area contributed by atoms with E-state index in [-0.39, 0.29) is 0 Å². The van der Waals surface area contributed by atoms with E-state index in [0.717, 1.165) is 51.0 Å². The molecular weight excluding hydrogens is 268 g/mol. The number of hydrogen-bond donors (Lipinski definition) is 1. The molecule has 0 spiro atoms. The second-order valence-electron chi connectivity index (χ2n) is 6.14. The molecule has 2 heterocycles. The molecule has 2 rings (SSSR count). The van der Waals surface area contributed by atoms with Gasteiger partial charge in [0.25, 0.3) is 0 Å². The third kappa shape index (κ3) is 5.37. The molecule has 1 aromatic rings. The predicted molar refractivity (Wildman–Crippen MR) is 81.1 cm³/mol. The summed E-state index contributed by atoms with van der Waals surface area (Å²) >= 11 is 0. The summed E-state index contributed by atoms with van der Waals surface area (Å²) in [6.07, 6.45) is 2.53. The van der Waals surface area contributed by atoms with Crippen molar-refractivity contribution < 1.29 is 9.26 Å². The molecule has 1 fully saturated rings. The van der Waals surface area contributed by atoms with E-state index in [0.29, 0.717) is 11.8 Å². The summed E-state index contributed by atoms with van der Waals surface area (Å²) in [5.41, 5.74) is 0. The molecule has 6 nitrogen and oxygen atoms in total. The topological polar surface area (TPSA) is 63.4 Å². The SMILES string of the molecule is COCCNCC1CCCN(Cc2nc(C(C)C)no2)C1. The Hall–Kier alpha value is -0.980. The number of nitrogens with zero attached hydrogens (tertiary/aromatic N) is 3. The number of methoxy groups -OCH3 is 1. The maximum atomic E-state index is 5.34. The van der Waals surface area contributed by atoms with Crippen LogP contribution in [0, 0.1) is 5.92 Å². The molecule has 1 aromatic heterocycles. The van der Waals surface area contributed by atoms with E-state index in [1.54, 1.807) is 7.11 Å². The fourth-order valence-corrected chi connectivity index (χ4v) is 2.70. The second kappa shape index (κ2) is 8.46. The van der Waals surface area contributed by atoms with Crippen molar-refractivity contribution in [3.8, 4) is 0 Å². The highest BCUT2D eigenvalue weighted by atomic mass is 16.5.